The molecule has 0 aliphatic rings. The molecule has 2 aromatic rings. The normalized spacial score (nSPS) is 11.6. The first-order valence-corrected chi connectivity index (χ1v) is 8.13. The van der Waals surface area contributed by atoms with Crippen molar-refractivity contribution in [3.8, 4) is 17.2 Å². The van der Waals surface area contributed by atoms with Crippen LogP contribution in [0.15, 0.2) is 30.3 Å². The van der Waals surface area contributed by atoms with Gasteiger partial charge in [0.1, 0.15) is 5.75 Å². The topological polar surface area (TPSA) is 56.8 Å². The zero-order chi connectivity index (χ0) is 18.6. The molecule has 0 aliphatic heterocycles. The summed E-state index contributed by atoms with van der Waals surface area (Å²) in [5.74, 6) is 1.66. The number of aryl methyl sites for hydroxylation is 2. The van der Waals surface area contributed by atoms with E-state index in [2.05, 4.69) is 11.4 Å². The minimum absolute atomic E-state index is 0.231. The molecule has 2 rings (SSSR count). The fraction of sp³-hybridized carbons (Fsp3) is 0.350. The summed E-state index contributed by atoms with van der Waals surface area (Å²) < 4.78 is 16.3. The van der Waals surface area contributed by atoms with Crippen LogP contribution in [0.3, 0.4) is 0 Å². The molecule has 2 aromatic carbocycles. The molecule has 0 aliphatic carbocycles. The van der Waals surface area contributed by atoms with Gasteiger partial charge in [-0.2, -0.15) is 0 Å². The van der Waals surface area contributed by atoms with Gasteiger partial charge in [-0.3, -0.25) is 4.79 Å². The molecule has 5 heteroatoms. The number of hydrogen-bond donors (Lipinski definition) is 1. The molecule has 0 spiro atoms. The molecule has 1 unspecified atom stereocenters. The van der Waals surface area contributed by atoms with Crippen molar-refractivity contribution < 1.29 is 19.0 Å². The van der Waals surface area contributed by atoms with E-state index in [4.69, 9.17) is 14.2 Å². The van der Waals surface area contributed by atoms with Gasteiger partial charge in [-0.05, 0) is 62.6 Å². The summed E-state index contributed by atoms with van der Waals surface area (Å²) in [4.78, 5) is 12.4. The van der Waals surface area contributed by atoms with Crippen LogP contribution in [0.4, 0.5) is 5.69 Å². The molecule has 0 aromatic heterocycles. The Balaban J connectivity index is 2.11. The molecule has 1 N–H and O–H groups in total. The number of benzene rings is 2. The number of carbonyl (C=O) groups excluding carboxylic acids is 1. The van der Waals surface area contributed by atoms with Gasteiger partial charge in [-0.1, -0.05) is 6.07 Å². The van der Waals surface area contributed by atoms with Crippen molar-refractivity contribution >= 4 is 11.6 Å². The van der Waals surface area contributed by atoms with Crippen LogP contribution in [0.5, 0.6) is 17.2 Å². The van der Waals surface area contributed by atoms with Crippen LogP contribution in [0.1, 0.15) is 23.6 Å². The van der Waals surface area contributed by atoms with E-state index in [1.807, 2.05) is 26.8 Å². The quantitative estimate of drug-likeness (QED) is 0.860. The number of methoxy groups -OCH3 is 2. The second kappa shape index (κ2) is 7.92. The number of nitrogens with one attached hydrogen (secondary N) is 1. The van der Waals surface area contributed by atoms with Crippen LogP contribution in [0.25, 0.3) is 0 Å². The average molecular weight is 343 g/mol. The number of anilines is 1. The first kappa shape index (κ1) is 18.6. The molecule has 0 fully saturated rings. The minimum atomic E-state index is -0.631. The maximum absolute atomic E-state index is 12.4. The summed E-state index contributed by atoms with van der Waals surface area (Å²) in [6, 6.07) is 9.26. The summed E-state index contributed by atoms with van der Waals surface area (Å²) in [5.41, 5.74) is 3.90. The van der Waals surface area contributed by atoms with Crippen molar-refractivity contribution in [1.82, 2.24) is 0 Å². The van der Waals surface area contributed by atoms with Crippen molar-refractivity contribution in [3.05, 3.63) is 47.0 Å². The molecule has 1 atom stereocenters. The zero-order valence-electron chi connectivity index (χ0n) is 15.6. The van der Waals surface area contributed by atoms with Crippen molar-refractivity contribution in [2.75, 3.05) is 19.5 Å². The van der Waals surface area contributed by atoms with Crippen LogP contribution in [0.2, 0.25) is 0 Å². The van der Waals surface area contributed by atoms with E-state index in [-0.39, 0.29) is 5.91 Å². The highest BCUT2D eigenvalue weighted by Crippen LogP contribution is 2.30. The van der Waals surface area contributed by atoms with E-state index in [1.165, 1.54) is 0 Å². The molecular weight excluding hydrogens is 318 g/mol. The number of amides is 1. The largest absolute Gasteiger partial charge is 0.493 e. The van der Waals surface area contributed by atoms with Gasteiger partial charge in [-0.15, -0.1) is 0 Å². The highest BCUT2D eigenvalue weighted by molar-refractivity contribution is 5.94. The SMILES string of the molecule is COc1ccc(NC(=O)C(C)Oc2cc(C)cc(C)c2C)cc1OC. The number of ether oxygens (including phenoxy) is 3. The Morgan fingerprint density at radius 1 is 0.960 bits per heavy atom. The van der Waals surface area contributed by atoms with E-state index in [0.717, 1.165) is 22.4 Å². The van der Waals surface area contributed by atoms with Crippen molar-refractivity contribution in [1.29, 1.82) is 0 Å². The van der Waals surface area contributed by atoms with Crippen LogP contribution in [-0.2, 0) is 4.79 Å². The first-order chi connectivity index (χ1) is 11.8. The molecule has 0 heterocycles. The fourth-order valence-corrected chi connectivity index (χ4v) is 2.53. The minimum Gasteiger partial charge on any atom is -0.493 e. The lowest BCUT2D eigenvalue weighted by atomic mass is 10.1. The van der Waals surface area contributed by atoms with E-state index in [0.29, 0.717) is 17.2 Å². The summed E-state index contributed by atoms with van der Waals surface area (Å²) in [6.45, 7) is 7.76. The third-order valence-corrected chi connectivity index (χ3v) is 4.09. The molecule has 0 bridgehead atoms. The maximum atomic E-state index is 12.4. The maximum Gasteiger partial charge on any atom is 0.265 e. The lowest BCUT2D eigenvalue weighted by Gasteiger charge is -2.18. The third-order valence-electron chi connectivity index (χ3n) is 4.09. The number of rotatable bonds is 6. The highest BCUT2D eigenvalue weighted by Gasteiger charge is 2.17. The van der Waals surface area contributed by atoms with E-state index < -0.39 is 6.10 Å². The standard InChI is InChI=1S/C20H25NO4/c1-12-9-13(2)14(3)18(10-12)25-15(4)20(22)21-16-7-8-17(23-5)19(11-16)24-6/h7-11,15H,1-6H3,(H,21,22). The monoisotopic (exact) mass is 343 g/mol. The van der Waals surface area contributed by atoms with Gasteiger partial charge < -0.3 is 19.5 Å². The molecule has 25 heavy (non-hydrogen) atoms. The summed E-state index contributed by atoms with van der Waals surface area (Å²) in [5, 5.41) is 2.84. The Hall–Kier alpha value is -2.69. The second-order valence-corrected chi connectivity index (χ2v) is 6.02. The van der Waals surface area contributed by atoms with Gasteiger partial charge in [-0.25, -0.2) is 0 Å². The van der Waals surface area contributed by atoms with Crippen molar-refractivity contribution in [2.24, 2.45) is 0 Å². The molecule has 0 saturated carbocycles. The molecule has 1 amide bonds. The second-order valence-electron chi connectivity index (χ2n) is 6.02. The Kier molecular flexibility index (Phi) is 5.91. The molecule has 0 radical (unpaired) electrons. The lowest BCUT2D eigenvalue weighted by molar-refractivity contribution is -0.122. The Morgan fingerprint density at radius 3 is 2.28 bits per heavy atom. The van der Waals surface area contributed by atoms with Crippen molar-refractivity contribution in [3.63, 3.8) is 0 Å². The third kappa shape index (κ3) is 4.44. The predicted molar refractivity (Wildman–Crippen MR) is 98.9 cm³/mol. The summed E-state index contributed by atoms with van der Waals surface area (Å²) >= 11 is 0. The predicted octanol–water partition coefficient (Wildman–Crippen LogP) is 4.04. The summed E-state index contributed by atoms with van der Waals surface area (Å²) in [6.07, 6.45) is -0.631. The van der Waals surface area contributed by atoms with Crippen LogP contribution in [0, 0.1) is 20.8 Å². The molecule has 0 saturated heterocycles. The zero-order valence-corrected chi connectivity index (χ0v) is 15.6. The van der Waals surface area contributed by atoms with Gasteiger partial charge in [0, 0.05) is 11.8 Å². The molecular formula is C20H25NO4. The lowest BCUT2D eigenvalue weighted by Crippen LogP contribution is -2.30. The molecule has 5 nitrogen and oxygen atoms in total. The molecule has 134 valence electrons. The fourth-order valence-electron chi connectivity index (χ4n) is 2.53. The van der Waals surface area contributed by atoms with Gasteiger partial charge in [0.25, 0.3) is 5.91 Å². The van der Waals surface area contributed by atoms with E-state index in [1.54, 1.807) is 39.3 Å². The van der Waals surface area contributed by atoms with Crippen molar-refractivity contribution in [2.45, 2.75) is 33.8 Å². The smallest absolute Gasteiger partial charge is 0.265 e. The summed E-state index contributed by atoms with van der Waals surface area (Å²) in [7, 11) is 3.12. The van der Waals surface area contributed by atoms with Crippen LogP contribution < -0.4 is 19.5 Å². The van der Waals surface area contributed by atoms with Gasteiger partial charge in [0.15, 0.2) is 17.6 Å². The van der Waals surface area contributed by atoms with Crippen LogP contribution >= 0.6 is 0 Å². The average Bonchev–Trinajstić information content (AvgIpc) is 2.58. The first-order valence-electron chi connectivity index (χ1n) is 8.13. The Bertz CT molecular complexity index is 771. The van der Waals surface area contributed by atoms with E-state index >= 15 is 0 Å². The Morgan fingerprint density at radius 2 is 1.64 bits per heavy atom. The van der Waals surface area contributed by atoms with E-state index in [9.17, 15) is 4.79 Å². The van der Waals surface area contributed by atoms with Crippen LogP contribution in [-0.4, -0.2) is 26.2 Å². The number of carbonyl (C=O) groups is 1. The Labute approximate surface area is 148 Å². The van der Waals surface area contributed by atoms with Gasteiger partial charge in [0.05, 0.1) is 14.2 Å². The van der Waals surface area contributed by atoms with Gasteiger partial charge in [0.2, 0.25) is 0 Å². The number of hydrogen-bond acceptors (Lipinski definition) is 4. The highest BCUT2D eigenvalue weighted by atomic mass is 16.5. The van der Waals surface area contributed by atoms with Gasteiger partial charge >= 0.3 is 0 Å².